The summed E-state index contributed by atoms with van der Waals surface area (Å²) in [5.74, 6) is 2.17. The number of halogens is 1. The molecular formula is C10H19ClS. The minimum atomic E-state index is 0.517. The van der Waals surface area contributed by atoms with Crippen molar-refractivity contribution in [2.45, 2.75) is 38.5 Å². The summed E-state index contributed by atoms with van der Waals surface area (Å²) in [5, 5.41) is 0. The van der Waals surface area contributed by atoms with Crippen molar-refractivity contribution in [1.29, 1.82) is 0 Å². The van der Waals surface area contributed by atoms with Gasteiger partial charge in [0.25, 0.3) is 0 Å². The first-order valence-electron chi connectivity index (χ1n) is 4.88. The summed E-state index contributed by atoms with van der Waals surface area (Å²) in [6.07, 6.45) is 10.5. The van der Waals surface area contributed by atoms with Gasteiger partial charge >= 0.3 is 0 Å². The van der Waals surface area contributed by atoms with Gasteiger partial charge in [-0.15, -0.1) is 11.6 Å². The van der Waals surface area contributed by atoms with Gasteiger partial charge in [-0.2, -0.15) is 11.8 Å². The van der Waals surface area contributed by atoms with Gasteiger partial charge in [-0.3, -0.25) is 0 Å². The fraction of sp³-hybridized carbons (Fsp3) is 1.00. The largest absolute Gasteiger partial charge is 0.165 e. The van der Waals surface area contributed by atoms with Crippen LogP contribution in [0, 0.1) is 5.41 Å². The maximum atomic E-state index is 6.06. The standard InChI is InChI=1S/C10H19ClS/c1-12-8-7-10(9-11)5-3-2-4-6-10/h2-9H2,1H3. The van der Waals surface area contributed by atoms with Gasteiger partial charge in [0.15, 0.2) is 0 Å². The van der Waals surface area contributed by atoms with Crippen LogP contribution in [0.25, 0.3) is 0 Å². The lowest BCUT2D eigenvalue weighted by Gasteiger charge is -2.35. The Bertz CT molecular complexity index is 119. The topological polar surface area (TPSA) is 0 Å². The first kappa shape index (κ1) is 10.7. The van der Waals surface area contributed by atoms with Crippen molar-refractivity contribution in [3.8, 4) is 0 Å². The Morgan fingerprint density at radius 3 is 2.42 bits per heavy atom. The summed E-state index contributed by atoms with van der Waals surface area (Å²) in [6.45, 7) is 0. The molecule has 1 aliphatic rings. The summed E-state index contributed by atoms with van der Waals surface area (Å²) < 4.78 is 0. The third kappa shape index (κ3) is 2.85. The van der Waals surface area contributed by atoms with Crippen molar-refractivity contribution in [3.05, 3.63) is 0 Å². The maximum absolute atomic E-state index is 6.06. The minimum Gasteiger partial charge on any atom is -0.165 e. The highest BCUT2D eigenvalue weighted by atomic mass is 35.5. The second-order valence-electron chi connectivity index (χ2n) is 3.94. The molecule has 1 saturated carbocycles. The molecule has 0 N–H and O–H groups in total. The average Bonchev–Trinajstić information content (AvgIpc) is 2.16. The highest BCUT2D eigenvalue weighted by molar-refractivity contribution is 7.98. The molecule has 0 aromatic carbocycles. The molecule has 1 aliphatic carbocycles. The van der Waals surface area contributed by atoms with Crippen molar-refractivity contribution < 1.29 is 0 Å². The predicted molar refractivity (Wildman–Crippen MR) is 59.2 cm³/mol. The van der Waals surface area contributed by atoms with Crippen LogP contribution < -0.4 is 0 Å². The third-order valence-electron chi connectivity index (χ3n) is 3.03. The summed E-state index contributed by atoms with van der Waals surface area (Å²) in [6, 6.07) is 0. The van der Waals surface area contributed by atoms with Crippen molar-refractivity contribution in [1.82, 2.24) is 0 Å². The summed E-state index contributed by atoms with van der Waals surface area (Å²) in [5.41, 5.74) is 0.517. The van der Waals surface area contributed by atoms with E-state index < -0.39 is 0 Å². The third-order valence-corrected chi connectivity index (χ3v) is 4.21. The Labute approximate surface area is 85.4 Å². The second kappa shape index (κ2) is 5.39. The molecule has 0 nitrogen and oxygen atoms in total. The zero-order valence-electron chi connectivity index (χ0n) is 7.94. The van der Waals surface area contributed by atoms with Gasteiger partial charge in [-0.1, -0.05) is 19.3 Å². The van der Waals surface area contributed by atoms with Crippen LogP contribution in [0.1, 0.15) is 38.5 Å². The van der Waals surface area contributed by atoms with Crippen LogP contribution in [-0.4, -0.2) is 17.9 Å². The van der Waals surface area contributed by atoms with Crippen LogP contribution in [0.5, 0.6) is 0 Å². The van der Waals surface area contributed by atoms with Crippen molar-refractivity contribution in [2.75, 3.05) is 17.9 Å². The molecule has 0 radical (unpaired) electrons. The molecule has 1 fully saturated rings. The molecule has 0 unspecified atom stereocenters. The zero-order valence-corrected chi connectivity index (χ0v) is 9.52. The molecular weight excluding hydrogens is 188 g/mol. The summed E-state index contributed by atoms with van der Waals surface area (Å²) >= 11 is 8.01. The lowest BCUT2D eigenvalue weighted by molar-refractivity contribution is 0.214. The van der Waals surface area contributed by atoms with Gasteiger partial charge in [-0.25, -0.2) is 0 Å². The predicted octanol–water partition coefficient (Wildman–Crippen LogP) is 3.93. The van der Waals surface area contributed by atoms with Gasteiger partial charge in [-0.05, 0) is 36.7 Å². The van der Waals surface area contributed by atoms with Gasteiger partial charge in [0.2, 0.25) is 0 Å². The van der Waals surface area contributed by atoms with Crippen molar-refractivity contribution in [2.24, 2.45) is 5.41 Å². The quantitative estimate of drug-likeness (QED) is 0.629. The molecule has 72 valence electrons. The lowest BCUT2D eigenvalue weighted by atomic mass is 9.74. The van der Waals surface area contributed by atoms with Crippen molar-refractivity contribution in [3.63, 3.8) is 0 Å². The first-order chi connectivity index (χ1) is 5.83. The van der Waals surface area contributed by atoms with Gasteiger partial charge in [0.05, 0.1) is 0 Å². The Morgan fingerprint density at radius 1 is 1.25 bits per heavy atom. The van der Waals surface area contributed by atoms with Gasteiger partial charge in [0, 0.05) is 5.88 Å². The molecule has 1 rings (SSSR count). The van der Waals surface area contributed by atoms with E-state index >= 15 is 0 Å². The van der Waals surface area contributed by atoms with E-state index in [0.29, 0.717) is 5.41 Å². The zero-order chi connectivity index (χ0) is 8.86. The first-order valence-corrected chi connectivity index (χ1v) is 6.81. The fourth-order valence-electron chi connectivity index (χ4n) is 2.07. The number of alkyl halides is 1. The van der Waals surface area contributed by atoms with E-state index in [2.05, 4.69) is 6.26 Å². The minimum absolute atomic E-state index is 0.517. The van der Waals surface area contributed by atoms with Crippen LogP contribution >= 0.6 is 23.4 Å². The molecule has 0 heterocycles. The van der Waals surface area contributed by atoms with Gasteiger partial charge < -0.3 is 0 Å². The van der Waals surface area contributed by atoms with E-state index in [1.807, 2.05) is 11.8 Å². The Morgan fingerprint density at radius 2 is 1.92 bits per heavy atom. The monoisotopic (exact) mass is 206 g/mol. The second-order valence-corrected chi connectivity index (χ2v) is 5.19. The molecule has 12 heavy (non-hydrogen) atoms. The molecule has 0 aromatic rings. The van der Waals surface area contributed by atoms with Gasteiger partial charge in [0.1, 0.15) is 0 Å². The van der Waals surface area contributed by atoms with E-state index in [1.54, 1.807) is 0 Å². The molecule has 0 aromatic heterocycles. The van der Waals surface area contributed by atoms with Crippen LogP contribution in [-0.2, 0) is 0 Å². The van der Waals surface area contributed by atoms with Crippen LogP contribution in [0.3, 0.4) is 0 Å². The average molecular weight is 207 g/mol. The number of rotatable bonds is 4. The van der Waals surface area contributed by atoms with Crippen LogP contribution in [0.4, 0.5) is 0 Å². The number of hydrogen-bond acceptors (Lipinski definition) is 1. The van der Waals surface area contributed by atoms with E-state index in [-0.39, 0.29) is 0 Å². The molecule has 0 atom stereocenters. The fourth-order valence-corrected chi connectivity index (χ4v) is 3.11. The molecule has 2 heteroatoms. The summed E-state index contributed by atoms with van der Waals surface area (Å²) in [7, 11) is 0. The molecule has 0 aliphatic heterocycles. The van der Waals surface area contributed by atoms with Crippen LogP contribution in [0.2, 0.25) is 0 Å². The highest BCUT2D eigenvalue weighted by Crippen LogP contribution is 2.40. The van der Waals surface area contributed by atoms with Crippen LogP contribution in [0.15, 0.2) is 0 Å². The van der Waals surface area contributed by atoms with E-state index in [4.69, 9.17) is 11.6 Å². The van der Waals surface area contributed by atoms with E-state index in [0.717, 1.165) is 5.88 Å². The lowest BCUT2D eigenvalue weighted by Crippen LogP contribution is -2.26. The van der Waals surface area contributed by atoms with E-state index in [1.165, 1.54) is 44.3 Å². The SMILES string of the molecule is CSCCC1(CCl)CCCCC1. The summed E-state index contributed by atoms with van der Waals surface area (Å²) in [4.78, 5) is 0. The highest BCUT2D eigenvalue weighted by Gasteiger charge is 2.30. The molecule has 0 amide bonds. The molecule has 0 bridgehead atoms. The number of hydrogen-bond donors (Lipinski definition) is 0. The number of thioether (sulfide) groups is 1. The Kier molecular flexibility index (Phi) is 4.81. The Balaban J connectivity index is 2.37. The Hall–Kier alpha value is 0.640. The maximum Gasteiger partial charge on any atom is 0.0280 e. The van der Waals surface area contributed by atoms with E-state index in [9.17, 15) is 0 Å². The molecule has 0 saturated heterocycles. The van der Waals surface area contributed by atoms with Crippen molar-refractivity contribution >= 4 is 23.4 Å². The smallest absolute Gasteiger partial charge is 0.0280 e. The normalized spacial score (nSPS) is 22.5. The molecule has 0 spiro atoms.